The number of para-hydroxylation sites is 1. The van der Waals surface area contributed by atoms with Crippen molar-refractivity contribution in [2.45, 2.75) is 19.3 Å². The van der Waals surface area contributed by atoms with E-state index in [1.54, 1.807) is 0 Å². The molecule has 1 aromatic carbocycles. The second-order valence-corrected chi connectivity index (χ2v) is 4.37. The van der Waals surface area contributed by atoms with E-state index < -0.39 is 0 Å². The van der Waals surface area contributed by atoms with Crippen LogP contribution in [0.1, 0.15) is 24.8 Å². The zero-order valence-corrected chi connectivity index (χ0v) is 9.53. The molecule has 1 atom stereocenters. The number of aromatic amines is 1. The van der Waals surface area contributed by atoms with Crippen molar-refractivity contribution in [3.63, 3.8) is 0 Å². The molecule has 1 unspecified atom stereocenters. The van der Waals surface area contributed by atoms with Crippen LogP contribution in [0.2, 0.25) is 0 Å². The number of carbonyl (C=O) groups is 1. The van der Waals surface area contributed by atoms with Crippen LogP contribution < -0.4 is 5.43 Å². The van der Waals surface area contributed by atoms with E-state index in [4.69, 9.17) is 0 Å². The molecule has 0 bridgehead atoms. The van der Waals surface area contributed by atoms with E-state index in [1.165, 1.54) is 0 Å². The molecule has 0 aliphatic carbocycles. The van der Waals surface area contributed by atoms with E-state index in [-0.39, 0.29) is 11.8 Å². The summed E-state index contributed by atoms with van der Waals surface area (Å²) in [4.78, 5) is 15.1. The van der Waals surface area contributed by atoms with E-state index in [0.717, 1.165) is 22.2 Å². The first-order chi connectivity index (χ1) is 8.25. The summed E-state index contributed by atoms with van der Waals surface area (Å²) in [5, 5.41) is 5.07. The summed E-state index contributed by atoms with van der Waals surface area (Å²) in [6.45, 7) is 1.93. The third kappa shape index (κ3) is 1.62. The van der Waals surface area contributed by atoms with Crippen LogP contribution in [0.5, 0.6) is 0 Å². The van der Waals surface area contributed by atoms with Crippen LogP contribution in [0.15, 0.2) is 35.6 Å². The maximum Gasteiger partial charge on any atom is 0.248 e. The highest BCUT2D eigenvalue weighted by atomic mass is 16.2. The Labute approximate surface area is 98.7 Å². The fraction of sp³-hybridized carbons (Fsp3) is 0.231. The van der Waals surface area contributed by atoms with Crippen LogP contribution in [-0.4, -0.2) is 16.6 Å². The van der Waals surface area contributed by atoms with Crippen molar-refractivity contribution >= 4 is 22.5 Å². The van der Waals surface area contributed by atoms with Crippen molar-refractivity contribution in [2.24, 2.45) is 5.10 Å². The number of nitrogens with zero attached hydrogens (tertiary/aromatic N) is 1. The summed E-state index contributed by atoms with van der Waals surface area (Å²) in [5.74, 6) is -0.163. The van der Waals surface area contributed by atoms with Crippen molar-refractivity contribution in [3.05, 3.63) is 36.0 Å². The lowest BCUT2D eigenvalue weighted by Gasteiger charge is -2.19. The summed E-state index contributed by atoms with van der Waals surface area (Å²) in [6, 6.07) is 8.02. The molecule has 86 valence electrons. The van der Waals surface area contributed by atoms with Crippen molar-refractivity contribution in [1.82, 2.24) is 10.4 Å². The average Bonchev–Trinajstić information content (AvgIpc) is 2.76. The highest BCUT2D eigenvalue weighted by Gasteiger charge is 2.26. The van der Waals surface area contributed by atoms with Crippen LogP contribution in [0, 0.1) is 0 Å². The lowest BCUT2D eigenvalue weighted by molar-refractivity contribution is -0.122. The van der Waals surface area contributed by atoms with Crippen LogP contribution >= 0.6 is 0 Å². The van der Waals surface area contributed by atoms with Gasteiger partial charge in [-0.15, -0.1) is 0 Å². The molecule has 2 aromatic rings. The first kappa shape index (κ1) is 10.1. The molecule has 1 aliphatic heterocycles. The number of hydrogen-bond donors (Lipinski definition) is 2. The molecule has 1 amide bonds. The Bertz CT molecular complexity index is 612. The smallest absolute Gasteiger partial charge is 0.248 e. The zero-order chi connectivity index (χ0) is 11.8. The fourth-order valence-corrected chi connectivity index (χ4v) is 2.30. The lowest BCUT2D eigenvalue weighted by atomic mass is 9.92. The van der Waals surface area contributed by atoms with Gasteiger partial charge in [0.15, 0.2) is 0 Å². The van der Waals surface area contributed by atoms with Crippen LogP contribution in [-0.2, 0) is 4.79 Å². The molecular weight excluding hydrogens is 214 g/mol. The number of carbonyl (C=O) groups excluding carboxylic acids is 1. The first-order valence-electron chi connectivity index (χ1n) is 5.65. The Kier molecular flexibility index (Phi) is 2.21. The maximum absolute atomic E-state index is 11.8. The van der Waals surface area contributed by atoms with Gasteiger partial charge in [0, 0.05) is 29.2 Å². The quantitative estimate of drug-likeness (QED) is 0.770. The number of benzene rings is 1. The SMILES string of the molecule is CC1=NNC(=O)C(c2c[nH]c3ccccc23)C1. The number of hydrazone groups is 1. The second-order valence-electron chi connectivity index (χ2n) is 4.37. The molecular formula is C13H13N3O. The molecule has 1 aliphatic rings. The van der Waals surface area contributed by atoms with Gasteiger partial charge in [-0.05, 0) is 18.6 Å². The molecule has 17 heavy (non-hydrogen) atoms. The van der Waals surface area contributed by atoms with Crippen molar-refractivity contribution in [3.8, 4) is 0 Å². The Morgan fingerprint density at radius 3 is 3.06 bits per heavy atom. The predicted molar refractivity (Wildman–Crippen MR) is 66.9 cm³/mol. The highest BCUT2D eigenvalue weighted by Crippen LogP contribution is 2.29. The Morgan fingerprint density at radius 2 is 2.18 bits per heavy atom. The van der Waals surface area contributed by atoms with Gasteiger partial charge in [0.2, 0.25) is 5.91 Å². The molecule has 0 fully saturated rings. The number of amides is 1. The monoisotopic (exact) mass is 227 g/mol. The van der Waals surface area contributed by atoms with E-state index >= 15 is 0 Å². The Balaban J connectivity index is 2.09. The summed E-state index contributed by atoms with van der Waals surface area (Å²) >= 11 is 0. The van der Waals surface area contributed by atoms with E-state index in [1.807, 2.05) is 37.4 Å². The van der Waals surface area contributed by atoms with Gasteiger partial charge in [-0.2, -0.15) is 5.10 Å². The number of hydrogen-bond acceptors (Lipinski definition) is 2. The van der Waals surface area contributed by atoms with E-state index in [0.29, 0.717) is 6.42 Å². The van der Waals surface area contributed by atoms with Gasteiger partial charge in [0.05, 0.1) is 5.92 Å². The number of nitrogens with one attached hydrogen (secondary N) is 2. The van der Waals surface area contributed by atoms with E-state index in [9.17, 15) is 4.79 Å². The number of H-pyrrole nitrogens is 1. The summed E-state index contributed by atoms with van der Waals surface area (Å²) in [7, 11) is 0. The third-order valence-corrected chi connectivity index (χ3v) is 3.17. The molecule has 2 N–H and O–H groups in total. The number of rotatable bonds is 1. The van der Waals surface area contributed by atoms with Crippen molar-refractivity contribution in [2.75, 3.05) is 0 Å². The molecule has 3 rings (SSSR count). The zero-order valence-electron chi connectivity index (χ0n) is 9.53. The largest absolute Gasteiger partial charge is 0.361 e. The maximum atomic E-state index is 11.8. The highest BCUT2D eigenvalue weighted by molar-refractivity contribution is 5.98. The number of aromatic nitrogens is 1. The third-order valence-electron chi connectivity index (χ3n) is 3.17. The minimum Gasteiger partial charge on any atom is -0.361 e. The normalized spacial score (nSPS) is 20.2. The minimum atomic E-state index is -0.136. The topological polar surface area (TPSA) is 57.2 Å². The predicted octanol–water partition coefficient (Wildman–Crippen LogP) is 2.15. The van der Waals surface area contributed by atoms with Gasteiger partial charge in [0.25, 0.3) is 0 Å². The van der Waals surface area contributed by atoms with Gasteiger partial charge in [-0.25, -0.2) is 5.43 Å². The van der Waals surface area contributed by atoms with Gasteiger partial charge >= 0.3 is 0 Å². The number of fused-ring (bicyclic) bond motifs is 1. The van der Waals surface area contributed by atoms with Crippen LogP contribution in [0.25, 0.3) is 10.9 Å². The first-order valence-corrected chi connectivity index (χ1v) is 5.65. The van der Waals surface area contributed by atoms with Crippen molar-refractivity contribution < 1.29 is 4.79 Å². The summed E-state index contributed by atoms with van der Waals surface area (Å²) < 4.78 is 0. The molecule has 1 aromatic heterocycles. The van der Waals surface area contributed by atoms with Gasteiger partial charge in [0.1, 0.15) is 0 Å². The molecule has 0 radical (unpaired) electrons. The van der Waals surface area contributed by atoms with Crippen molar-refractivity contribution in [1.29, 1.82) is 0 Å². The van der Waals surface area contributed by atoms with E-state index in [2.05, 4.69) is 15.5 Å². The van der Waals surface area contributed by atoms with Crippen LogP contribution in [0.4, 0.5) is 0 Å². The lowest BCUT2D eigenvalue weighted by Crippen LogP contribution is -2.32. The van der Waals surface area contributed by atoms with Gasteiger partial charge < -0.3 is 4.98 Å². The molecule has 0 saturated heterocycles. The minimum absolute atomic E-state index is 0.0275. The molecule has 2 heterocycles. The Hall–Kier alpha value is -2.10. The molecule has 0 saturated carbocycles. The summed E-state index contributed by atoms with van der Waals surface area (Å²) in [5.41, 5.74) is 5.64. The fourth-order valence-electron chi connectivity index (χ4n) is 2.30. The second kappa shape index (κ2) is 3.73. The summed E-state index contributed by atoms with van der Waals surface area (Å²) in [6.07, 6.45) is 2.61. The molecule has 4 heteroatoms. The van der Waals surface area contributed by atoms with Gasteiger partial charge in [-0.1, -0.05) is 18.2 Å². The van der Waals surface area contributed by atoms with Crippen LogP contribution in [0.3, 0.4) is 0 Å². The van der Waals surface area contributed by atoms with Gasteiger partial charge in [-0.3, -0.25) is 4.79 Å². The standard InChI is InChI=1S/C13H13N3O/c1-8-6-10(13(17)16-15-8)11-7-14-12-5-3-2-4-9(11)12/h2-5,7,10,14H,6H2,1H3,(H,16,17). The average molecular weight is 227 g/mol. The molecule has 0 spiro atoms. The Morgan fingerprint density at radius 1 is 1.35 bits per heavy atom. The molecule has 4 nitrogen and oxygen atoms in total.